The number of amides is 1. The van der Waals surface area contributed by atoms with Crippen molar-refractivity contribution in [2.75, 3.05) is 6.54 Å². The Kier molecular flexibility index (Phi) is 10.1. The molecule has 0 radical (unpaired) electrons. The third kappa shape index (κ3) is 9.31. The van der Waals surface area contributed by atoms with E-state index in [-0.39, 0.29) is 5.91 Å². The first-order valence-corrected chi connectivity index (χ1v) is 9.18. The number of rotatable bonds is 8. The Labute approximate surface area is 163 Å². The SMILES string of the molecule is C=C/C=C(N)\C=C/Cn1cncn1.CC(C)CNC(=O)c1ccc(C=O)s1. The van der Waals surface area contributed by atoms with Gasteiger partial charge in [-0.15, -0.1) is 11.3 Å². The second-order valence-electron chi connectivity index (χ2n) is 5.85. The number of aromatic nitrogens is 3. The Bertz CT molecular complexity index is 776. The van der Waals surface area contributed by atoms with E-state index < -0.39 is 0 Å². The third-order valence-corrected chi connectivity index (χ3v) is 4.03. The van der Waals surface area contributed by atoms with Crippen LogP contribution < -0.4 is 11.1 Å². The van der Waals surface area contributed by atoms with E-state index in [4.69, 9.17) is 5.73 Å². The highest BCUT2D eigenvalue weighted by Gasteiger charge is 2.08. The van der Waals surface area contributed by atoms with Gasteiger partial charge in [-0.05, 0) is 30.2 Å². The molecule has 2 heterocycles. The fraction of sp³-hybridized carbons (Fsp3) is 0.263. The molecule has 0 atom stereocenters. The number of hydrogen-bond acceptors (Lipinski definition) is 6. The van der Waals surface area contributed by atoms with Gasteiger partial charge in [0.05, 0.1) is 16.3 Å². The predicted octanol–water partition coefficient (Wildman–Crippen LogP) is 2.81. The Hall–Kier alpha value is -3.00. The predicted molar refractivity (Wildman–Crippen MR) is 109 cm³/mol. The van der Waals surface area contributed by atoms with Crippen LogP contribution >= 0.6 is 11.3 Å². The number of nitrogens with zero attached hydrogens (tertiary/aromatic N) is 3. The molecule has 3 N–H and O–H groups in total. The van der Waals surface area contributed by atoms with Crippen molar-refractivity contribution in [2.45, 2.75) is 20.4 Å². The molecule has 0 spiro atoms. The number of allylic oxidation sites excluding steroid dienone is 4. The summed E-state index contributed by atoms with van der Waals surface area (Å²) in [7, 11) is 0. The van der Waals surface area contributed by atoms with Crippen molar-refractivity contribution < 1.29 is 9.59 Å². The number of thiophene rings is 1. The van der Waals surface area contributed by atoms with Gasteiger partial charge in [-0.2, -0.15) is 5.10 Å². The van der Waals surface area contributed by atoms with Crippen molar-refractivity contribution in [3.63, 3.8) is 0 Å². The minimum Gasteiger partial charge on any atom is -0.399 e. The molecule has 0 unspecified atom stereocenters. The van der Waals surface area contributed by atoms with Gasteiger partial charge in [0.15, 0.2) is 6.29 Å². The number of aldehydes is 1. The van der Waals surface area contributed by atoms with Crippen molar-refractivity contribution in [3.8, 4) is 0 Å². The average Bonchev–Trinajstić information content (AvgIpc) is 3.32. The zero-order valence-corrected chi connectivity index (χ0v) is 16.4. The molecule has 1 amide bonds. The molecule has 0 bridgehead atoms. The Balaban J connectivity index is 0.000000271. The van der Waals surface area contributed by atoms with E-state index in [1.807, 2.05) is 26.0 Å². The molecule has 27 heavy (non-hydrogen) atoms. The van der Waals surface area contributed by atoms with Crippen LogP contribution in [0.1, 0.15) is 33.2 Å². The normalized spacial score (nSPS) is 11.1. The molecule has 0 aliphatic carbocycles. The zero-order chi connectivity index (χ0) is 20.1. The number of carbonyl (C=O) groups is 2. The van der Waals surface area contributed by atoms with Crippen molar-refractivity contribution in [1.82, 2.24) is 20.1 Å². The van der Waals surface area contributed by atoms with E-state index in [9.17, 15) is 9.59 Å². The third-order valence-electron chi connectivity index (χ3n) is 3.02. The molecule has 2 aromatic heterocycles. The van der Waals surface area contributed by atoms with E-state index in [0.29, 0.717) is 34.5 Å². The highest BCUT2D eigenvalue weighted by molar-refractivity contribution is 7.15. The van der Waals surface area contributed by atoms with Crippen molar-refractivity contribution in [3.05, 3.63) is 71.1 Å². The summed E-state index contributed by atoms with van der Waals surface area (Å²) in [6.45, 7) is 8.94. The van der Waals surface area contributed by atoms with E-state index in [1.54, 1.807) is 35.3 Å². The summed E-state index contributed by atoms with van der Waals surface area (Å²) in [5.74, 6) is 0.334. The highest BCUT2D eigenvalue weighted by atomic mass is 32.1. The molecule has 2 rings (SSSR count). The van der Waals surface area contributed by atoms with Gasteiger partial charge in [0.25, 0.3) is 5.91 Å². The average molecular weight is 388 g/mol. The molecule has 0 saturated heterocycles. The van der Waals surface area contributed by atoms with E-state index in [0.717, 1.165) is 6.29 Å². The minimum atomic E-state index is -0.100. The first-order chi connectivity index (χ1) is 13.0. The first-order valence-electron chi connectivity index (χ1n) is 8.36. The molecule has 7 nitrogen and oxygen atoms in total. The van der Waals surface area contributed by atoms with Crippen LogP contribution in [0, 0.1) is 5.92 Å². The van der Waals surface area contributed by atoms with Crippen molar-refractivity contribution in [2.24, 2.45) is 11.7 Å². The summed E-state index contributed by atoms with van der Waals surface area (Å²) < 4.78 is 1.71. The fourth-order valence-electron chi connectivity index (χ4n) is 1.74. The van der Waals surface area contributed by atoms with Gasteiger partial charge < -0.3 is 11.1 Å². The molecule has 0 saturated carbocycles. The number of carbonyl (C=O) groups excluding carboxylic acids is 2. The van der Waals surface area contributed by atoms with E-state index in [1.165, 1.54) is 17.7 Å². The summed E-state index contributed by atoms with van der Waals surface area (Å²) in [5, 5.41) is 6.72. The van der Waals surface area contributed by atoms with Gasteiger partial charge in [0.2, 0.25) is 0 Å². The number of hydrogen-bond donors (Lipinski definition) is 2. The van der Waals surface area contributed by atoms with Crippen LogP contribution in [-0.4, -0.2) is 33.5 Å². The second kappa shape index (κ2) is 12.4. The first kappa shape index (κ1) is 22.0. The summed E-state index contributed by atoms with van der Waals surface area (Å²) in [6, 6.07) is 3.33. The minimum absolute atomic E-state index is 0.100. The van der Waals surface area contributed by atoms with Crippen LogP contribution in [0.3, 0.4) is 0 Å². The second-order valence-corrected chi connectivity index (χ2v) is 6.96. The maximum absolute atomic E-state index is 11.5. The summed E-state index contributed by atoms with van der Waals surface area (Å²) in [6.07, 6.45) is 11.0. The van der Waals surface area contributed by atoms with Gasteiger partial charge in [-0.1, -0.05) is 32.6 Å². The van der Waals surface area contributed by atoms with Crippen molar-refractivity contribution >= 4 is 23.5 Å². The van der Waals surface area contributed by atoms with Gasteiger partial charge in [0, 0.05) is 12.2 Å². The smallest absolute Gasteiger partial charge is 0.261 e. The lowest BCUT2D eigenvalue weighted by molar-refractivity contribution is 0.0953. The quantitative estimate of drug-likeness (QED) is 0.535. The molecular formula is C19H25N5O2S. The monoisotopic (exact) mass is 387 g/mol. The molecule has 0 aliphatic rings. The summed E-state index contributed by atoms with van der Waals surface area (Å²) in [5.41, 5.74) is 6.26. The van der Waals surface area contributed by atoms with Crippen LogP contribution in [0.5, 0.6) is 0 Å². The van der Waals surface area contributed by atoms with Gasteiger partial charge in [-0.3, -0.25) is 9.59 Å². The lowest BCUT2D eigenvalue weighted by Gasteiger charge is -2.05. The topological polar surface area (TPSA) is 103 Å². The summed E-state index contributed by atoms with van der Waals surface area (Å²) in [4.78, 5) is 26.8. The molecule has 0 fully saturated rings. The zero-order valence-electron chi connectivity index (χ0n) is 15.5. The molecule has 8 heteroatoms. The molecule has 2 aromatic rings. The van der Waals surface area contributed by atoms with Crippen LogP contribution in [0.2, 0.25) is 0 Å². The van der Waals surface area contributed by atoms with Gasteiger partial charge in [-0.25, -0.2) is 9.67 Å². The van der Waals surface area contributed by atoms with Crippen molar-refractivity contribution in [1.29, 1.82) is 0 Å². The Morgan fingerprint density at radius 1 is 1.44 bits per heavy atom. The molecule has 144 valence electrons. The lowest BCUT2D eigenvalue weighted by Crippen LogP contribution is -2.26. The van der Waals surface area contributed by atoms with Gasteiger partial charge in [0.1, 0.15) is 12.7 Å². The van der Waals surface area contributed by atoms with Crippen LogP contribution in [0.25, 0.3) is 0 Å². The lowest BCUT2D eigenvalue weighted by atomic mass is 10.2. The van der Waals surface area contributed by atoms with Gasteiger partial charge >= 0.3 is 0 Å². The molecule has 0 aromatic carbocycles. The number of nitrogens with one attached hydrogen (secondary N) is 1. The number of nitrogens with two attached hydrogens (primary N) is 1. The molecular weight excluding hydrogens is 362 g/mol. The molecule has 0 aliphatic heterocycles. The Morgan fingerprint density at radius 2 is 2.22 bits per heavy atom. The standard InChI is InChI=1S/C10H13NO2S.C9H12N4/c1-7(2)5-11-10(13)9-4-3-8(6-12)14-9;1-2-4-9(10)5-3-6-13-8-11-7-12-13/h3-4,6-7H,5H2,1-2H3,(H,11,13);2-5,7-8H,1,6,10H2/b;5-3-,9-4+. The highest BCUT2D eigenvalue weighted by Crippen LogP contribution is 2.14. The largest absolute Gasteiger partial charge is 0.399 e. The van der Waals surface area contributed by atoms with E-state index >= 15 is 0 Å². The maximum Gasteiger partial charge on any atom is 0.261 e. The Morgan fingerprint density at radius 3 is 2.78 bits per heavy atom. The van der Waals surface area contributed by atoms with Crippen LogP contribution in [-0.2, 0) is 6.54 Å². The van der Waals surface area contributed by atoms with E-state index in [2.05, 4.69) is 22.0 Å². The van der Waals surface area contributed by atoms with Crippen LogP contribution in [0.4, 0.5) is 0 Å². The van der Waals surface area contributed by atoms with Crippen LogP contribution in [0.15, 0.2) is 61.4 Å². The summed E-state index contributed by atoms with van der Waals surface area (Å²) >= 11 is 1.21. The maximum atomic E-state index is 11.5. The fourth-order valence-corrected chi connectivity index (χ4v) is 2.48.